The molecule has 0 aliphatic carbocycles. The first-order valence-electron chi connectivity index (χ1n) is 5.18. The summed E-state index contributed by atoms with van der Waals surface area (Å²) in [5.74, 6) is 0.204. The van der Waals surface area contributed by atoms with Crippen molar-refractivity contribution in [3.8, 4) is 0 Å². The van der Waals surface area contributed by atoms with E-state index in [-0.39, 0.29) is 5.91 Å². The second kappa shape index (κ2) is 9.52. The van der Waals surface area contributed by atoms with Crippen molar-refractivity contribution >= 4 is 5.91 Å². The summed E-state index contributed by atoms with van der Waals surface area (Å²) in [5.41, 5.74) is 0. The number of carbonyl (C=O) groups is 1. The number of aliphatic hydroxyl groups excluding tert-OH is 1. The first kappa shape index (κ1) is 12.4. The summed E-state index contributed by atoms with van der Waals surface area (Å²) in [6.07, 6.45) is 6.44. The lowest BCUT2D eigenvalue weighted by Crippen LogP contribution is -2.12. The van der Waals surface area contributed by atoms with Gasteiger partial charge in [0.25, 0.3) is 0 Å². The summed E-state index contributed by atoms with van der Waals surface area (Å²) in [7, 11) is 0. The molecule has 3 heteroatoms. The maximum absolute atomic E-state index is 10.1. The molecule has 3 nitrogen and oxygen atoms in total. The Morgan fingerprint density at radius 1 is 1.38 bits per heavy atom. The van der Waals surface area contributed by atoms with Gasteiger partial charge in [-0.05, 0) is 12.8 Å². The van der Waals surface area contributed by atoms with Gasteiger partial charge < -0.3 is 10.4 Å². The molecule has 0 spiro atoms. The molecule has 0 saturated carbocycles. The number of hydrogen-bond donors (Lipinski definition) is 2. The molecule has 1 amide bonds. The SMILES string of the molecule is CCCCCCO.O=C1CCCN1. The first-order valence-corrected chi connectivity index (χ1v) is 5.18. The molecule has 0 aromatic rings. The number of aliphatic hydroxyl groups is 1. The Morgan fingerprint density at radius 2 is 2.15 bits per heavy atom. The topological polar surface area (TPSA) is 49.3 Å². The molecule has 0 radical (unpaired) electrons. The predicted molar refractivity (Wildman–Crippen MR) is 53.5 cm³/mol. The molecule has 0 aromatic heterocycles. The Kier molecular flexibility index (Phi) is 9.10. The average molecular weight is 187 g/mol. The summed E-state index contributed by atoms with van der Waals surface area (Å²) in [5, 5.41) is 11.0. The molecular formula is C10H21NO2. The van der Waals surface area contributed by atoms with Crippen molar-refractivity contribution in [3.63, 3.8) is 0 Å². The maximum Gasteiger partial charge on any atom is 0.220 e. The fourth-order valence-corrected chi connectivity index (χ4v) is 1.10. The Bertz CT molecular complexity index is 114. The lowest BCUT2D eigenvalue weighted by molar-refractivity contribution is -0.119. The van der Waals surface area contributed by atoms with Gasteiger partial charge in [0, 0.05) is 19.6 Å². The van der Waals surface area contributed by atoms with Crippen LogP contribution in [0.2, 0.25) is 0 Å². The fourth-order valence-electron chi connectivity index (χ4n) is 1.10. The maximum atomic E-state index is 10.1. The van der Waals surface area contributed by atoms with Crippen molar-refractivity contribution in [3.05, 3.63) is 0 Å². The number of unbranched alkanes of at least 4 members (excludes halogenated alkanes) is 3. The van der Waals surface area contributed by atoms with E-state index in [9.17, 15) is 4.79 Å². The molecule has 1 aliphatic heterocycles. The average Bonchev–Trinajstić information content (AvgIpc) is 2.58. The van der Waals surface area contributed by atoms with Crippen molar-refractivity contribution in [2.24, 2.45) is 0 Å². The zero-order valence-corrected chi connectivity index (χ0v) is 8.51. The number of carbonyl (C=O) groups excluding carboxylic acids is 1. The highest BCUT2D eigenvalue weighted by Crippen LogP contribution is 1.96. The van der Waals surface area contributed by atoms with E-state index in [1.807, 2.05) is 0 Å². The van der Waals surface area contributed by atoms with Gasteiger partial charge in [0.1, 0.15) is 0 Å². The van der Waals surface area contributed by atoms with E-state index < -0.39 is 0 Å². The Labute approximate surface area is 80.5 Å². The molecule has 1 rings (SSSR count). The Morgan fingerprint density at radius 3 is 2.46 bits per heavy atom. The highest BCUT2D eigenvalue weighted by atomic mass is 16.2. The third kappa shape index (κ3) is 9.34. The zero-order valence-electron chi connectivity index (χ0n) is 8.51. The molecule has 0 unspecified atom stereocenters. The molecule has 1 aliphatic rings. The minimum atomic E-state index is 0.204. The molecule has 0 bridgehead atoms. The molecule has 1 fully saturated rings. The van der Waals surface area contributed by atoms with Crippen LogP contribution in [0.1, 0.15) is 45.4 Å². The normalized spacial score (nSPS) is 14.8. The standard InChI is InChI=1S/C6H14O.C4H7NO/c1-2-3-4-5-6-7;6-4-2-1-3-5-4/h7H,2-6H2,1H3;1-3H2,(H,5,6). The minimum Gasteiger partial charge on any atom is -0.396 e. The van der Waals surface area contributed by atoms with Gasteiger partial charge in [0.05, 0.1) is 0 Å². The Hall–Kier alpha value is -0.570. The van der Waals surface area contributed by atoms with Crippen LogP contribution in [0.5, 0.6) is 0 Å². The summed E-state index contributed by atoms with van der Waals surface area (Å²) in [6, 6.07) is 0. The Balaban J connectivity index is 0.000000223. The van der Waals surface area contributed by atoms with E-state index >= 15 is 0 Å². The van der Waals surface area contributed by atoms with Gasteiger partial charge in [-0.3, -0.25) is 4.79 Å². The van der Waals surface area contributed by atoms with Crippen LogP contribution < -0.4 is 5.32 Å². The van der Waals surface area contributed by atoms with Gasteiger partial charge in [-0.2, -0.15) is 0 Å². The summed E-state index contributed by atoms with van der Waals surface area (Å²) >= 11 is 0. The van der Waals surface area contributed by atoms with Crippen LogP contribution >= 0.6 is 0 Å². The molecule has 1 heterocycles. The zero-order chi connectivity index (χ0) is 9.94. The lowest BCUT2D eigenvalue weighted by atomic mass is 10.2. The lowest BCUT2D eigenvalue weighted by Gasteiger charge is -1.90. The van der Waals surface area contributed by atoms with Crippen LogP contribution in [0.25, 0.3) is 0 Å². The van der Waals surface area contributed by atoms with Crippen LogP contribution in [-0.2, 0) is 4.79 Å². The summed E-state index contributed by atoms with van der Waals surface area (Å²) in [4.78, 5) is 10.1. The van der Waals surface area contributed by atoms with Crippen LogP contribution in [0.15, 0.2) is 0 Å². The second-order valence-electron chi connectivity index (χ2n) is 3.24. The minimum absolute atomic E-state index is 0.204. The van der Waals surface area contributed by atoms with Gasteiger partial charge in [0.15, 0.2) is 0 Å². The van der Waals surface area contributed by atoms with E-state index in [2.05, 4.69) is 12.2 Å². The van der Waals surface area contributed by atoms with Crippen molar-refractivity contribution in [2.45, 2.75) is 45.4 Å². The van der Waals surface area contributed by atoms with E-state index in [0.717, 1.165) is 25.8 Å². The monoisotopic (exact) mass is 187 g/mol. The van der Waals surface area contributed by atoms with Gasteiger partial charge in [-0.1, -0.05) is 26.2 Å². The second-order valence-corrected chi connectivity index (χ2v) is 3.24. The number of rotatable bonds is 4. The van der Waals surface area contributed by atoms with Crippen LogP contribution in [0, 0.1) is 0 Å². The number of hydrogen-bond acceptors (Lipinski definition) is 2. The van der Waals surface area contributed by atoms with Crippen LogP contribution in [0.4, 0.5) is 0 Å². The highest BCUT2D eigenvalue weighted by Gasteiger charge is 2.05. The van der Waals surface area contributed by atoms with Gasteiger partial charge >= 0.3 is 0 Å². The van der Waals surface area contributed by atoms with Crippen molar-refractivity contribution in [1.29, 1.82) is 0 Å². The van der Waals surface area contributed by atoms with Gasteiger partial charge in [-0.15, -0.1) is 0 Å². The third-order valence-electron chi connectivity index (χ3n) is 1.91. The van der Waals surface area contributed by atoms with E-state index in [1.54, 1.807) is 0 Å². The van der Waals surface area contributed by atoms with Gasteiger partial charge in [0.2, 0.25) is 5.91 Å². The summed E-state index contributed by atoms with van der Waals surface area (Å²) in [6.45, 7) is 3.41. The van der Waals surface area contributed by atoms with E-state index in [1.165, 1.54) is 19.3 Å². The van der Waals surface area contributed by atoms with E-state index in [4.69, 9.17) is 5.11 Å². The quantitative estimate of drug-likeness (QED) is 0.654. The molecule has 1 saturated heterocycles. The van der Waals surface area contributed by atoms with Crippen LogP contribution in [-0.4, -0.2) is 24.2 Å². The third-order valence-corrected chi connectivity index (χ3v) is 1.91. The van der Waals surface area contributed by atoms with E-state index in [0.29, 0.717) is 6.61 Å². The molecule has 78 valence electrons. The molecule has 13 heavy (non-hydrogen) atoms. The van der Waals surface area contributed by atoms with Crippen molar-refractivity contribution in [2.75, 3.05) is 13.2 Å². The van der Waals surface area contributed by atoms with Crippen molar-refractivity contribution in [1.82, 2.24) is 5.32 Å². The van der Waals surface area contributed by atoms with Gasteiger partial charge in [-0.25, -0.2) is 0 Å². The number of nitrogens with one attached hydrogen (secondary N) is 1. The molecule has 0 aromatic carbocycles. The predicted octanol–water partition coefficient (Wildman–Crippen LogP) is 1.46. The number of amides is 1. The highest BCUT2D eigenvalue weighted by molar-refractivity contribution is 5.77. The summed E-state index contributed by atoms with van der Waals surface area (Å²) < 4.78 is 0. The fraction of sp³-hybridized carbons (Fsp3) is 0.900. The molecule has 0 atom stereocenters. The molecular weight excluding hydrogens is 166 g/mol. The van der Waals surface area contributed by atoms with Crippen molar-refractivity contribution < 1.29 is 9.90 Å². The molecule has 2 N–H and O–H groups in total. The first-order chi connectivity index (χ1) is 6.31. The largest absolute Gasteiger partial charge is 0.396 e. The smallest absolute Gasteiger partial charge is 0.220 e. The van der Waals surface area contributed by atoms with Crippen LogP contribution in [0.3, 0.4) is 0 Å².